The lowest BCUT2D eigenvalue weighted by atomic mass is 10.1. The van der Waals surface area contributed by atoms with Crippen molar-refractivity contribution in [3.8, 4) is 0 Å². The molecule has 2 saturated heterocycles. The topological polar surface area (TPSA) is 60.9 Å². The standard InChI is InChI=1S/C18H23N3O3/c1-13-5-7-15(8-6-13)21-11-10-19(12-17(21)23)18(24)14(2)20-9-3-4-16(20)22/h5-8,14H,3-4,9-12H2,1-2H3/t14-/m0/s1. The normalized spacial score (nSPS) is 19.8. The van der Waals surface area contributed by atoms with Gasteiger partial charge in [0.15, 0.2) is 0 Å². The molecular formula is C18H23N3O3. The van der Waals surface area contributed by atoms with Crippen molar-refractivity contribution in [2.24, 2.45) is 0 Å². The predicted molar refractivity (Wildman–Crippen MR) is 90.5 cm³/mol. The average Bonchev–Trinajstić information content (AvgIpc) is 3.00. The monoisotopic (exact) mass is 329 g/mol. The highest BCUT2D eigenvalue weighted by molar-refractivity contribution is 5.99. The summed E-state index contributed by atoms with van der Waals surface area (Å²) >= 11 is 0. The molecule has 3 amide bonds. The highest BCUT2D eigenvalue weighted by Gasteiger charge is 2.35. The van der Waals surface area contributed by atoms with Crippen molar-refractivity contribution in [1.29, 1.82) is 0 Å². The molecule has 0 aromatic heterocycles. The van der Waals surface area contributed by atoms with Gasteiger partial charge in [-0.05, 0) is 32.4 Å². The molecule has 0 unspecified atom stereocenters. The Morgan fingerprint density at radius 3 is 2.33 bits per heavy atom. The molecule has 0 aliphatic carbocycles. The number of carbonyl (C=O) groups excluding carboxylic acids is 3. The second kappa shape index (κ2) is 6.63. The molecule has 1 aromatic rings. The van der Waals surface area contributed by atoms with E-state index in [1.54, 1.807) is 21.6 Å². The zero-order valence-electron chi connectivity index (χ0n) is 14.2. The first-order valence-corrected chi connectivity index (χ1v) is 8.42. The molecule has 0 saturated carbocycles. The molecule has 0 spiro atoms. The third kappa shape index (κ3) is 3.13. The molecule has 3 rings (SSSR count). The fourth-order valence-electron chi connectivity index (χ4n) is 3.34. The molecule has 1 atom stereocenters. The molecule has 0 bridgehead atoms. The van der Waals surface area contributed by atoms with Gasteiger partial charge < -0.3 is 14.7 Å². The Morgan fingerprint density at radius 1 is 1.04 bits per heavy atom. The van der Waals surface area contributed by atoms with Gasteiger partial charge in [0.2, 0.25) is 17.7 Å². The SMILES string of the molecule is Cc1ccc(N2CCN(C(=O)[C@H](C)N3CCCC3=O)CC2=O)cc1. The van der Waals surface area contributed by atoms with Crippen LogP contribution in [0.3, 0.4) is 0 Å². The molecule has 128 valence electrons. The lowest BCUT2D eigenvalue weighted by molar-refractivity contribution is -0.145. The summed E-state index contributed by atoms with van der Waals surface area (Å²) < 4.78 is 0. The van der Waals surface area contributed by atoms with Crippen LogP contribution < -0.4 is 4.90 Å². The van der Waals surface area contributed by atoms with Crippen LogP contribution in [0.2, 0.25) is 0 Å². The number of hydrogen-bond donors (Lipinski definition) is 0. The summed E-state index contributed by atoms with van der Waals surface area (Å²) in [5.41, 5.74) is 2.00. The lowest BCUT2D eigenvalue weighted by Crippen LogP contribution is -2.56. The van der Waals surface area contributed by atoms with Crippen molar-refractivity contribution in [3.63, 3.8) is 0 Å². The van der Waals surface area contributed by atoms with Crippen LogP contribution in [0.25, 0.3) is 0 Å². The quantitative estimate of drug-likeness (QED) is 0.837. The van der Waals surface area contributed by atoms with Crippen LogP contribution in [-0.2, 0) is 14.4 Å². The zero-order valence-corrected chi connectivity index (χ0v) is 14.2. The summed E-state index contributed by atoms with van der Waals surface area (Å²) in [5.74, 6) is -0.193. The minimum Gasteiger partial charge on any atom is -0.331 e. The minimum absolute atomic E-state index is 0.0282. The number of hydrogen-bond acceptors (Lipinski definition) is 3. The predicted octanol–water partition coefficient (Wildman–Crippen LogP) is 1.18. The van der Waals surface area contributed by atoms with Crippen LogP contribution in [0, 0.1) is 6.92 Å². The van der Waals surface area contributed by atoms with Gasteiger partial charge in [0.25, 0.3) is 0 Å². The van der Waals surface area contributed by atoms with E-state index >= 15 is 0 Å². The fourth-order valence-corrected chi connectivity index (χ4v) is 3.34. The molecule has 0 N–H and O–H groups in total. The van der Waals surface area contributed by atoms with Crippen molar-refractivity contribution in [2.75, 3.05) is 31.1 Å². The van der Waals surface area contributed by atoms with E-state index in [1.165, 1.54) is 0 Å². The van der Waals surface area contributed by atoms with Crippen molar-refractivity contribution in [3.05, 3.63) is 29.8 Å². The maximum absolute atomic E-state index is 12.6. The second-order valence-electron chi connectivity index (χ2n) is 6.51. The molecule has 6 nitrogen and oxygen atoms in total. The van der Waals surface area contributed by atoms with Crippen molar-refractivity contribution >= 4 is 23.4 Å². The number of anilines is 1. The Morgan fingerprint density at radius 2 is 1.75 bits per heavy atom. The first-order chi connectivity index (χ1) is 11.5. The van der Waals surface area contributed by atoms with Crippen LogP contribution in [-0.4, -0.2) is 59.7 Å². The van der Waals surface area contributed by atoms with Crippen LogP contribution in [0.5, 0.6) is 0 Å². The number of benzene rings is 1. The van der Waals surface area contributed by atoms with Gasteiger partial charge in [0, 0.05) is 31.7 Å². The summed E-state index contributed by atoms with van der Waals surface area (Å²) in [6, 6.07) is 7.31. The maximum Gasteiger partial charge on any atom is 0.246 e. The fraction of sp³-hybridized carbons (Fsp3) is 0.500. The second-order valence-corrected chi connectivity index (χ2v) is 6.51. The van der Waals surface area contributed by atoms with Crippen LogP contribution >= 0.6 is 0 Å². The smallest absolute Gasteiger partial charge is 0.246 e. The molecule has 6 heteroatoms. The lowest BCUT2D eigenvalue weighted by Gasteiger charge is -2.37. The zero-order chi connectivity index (χ0) is 17.3. The van der Waals surface area contributed by atoms with Gasteiger partial charge in [-0.3, -0.25) is 14.4 Å². The van der Waals surface area contributed by atoms with Gasteiger partial charge in [-0.1, -0.05) is 17.7 Å². The Bertz CT molecular complexity index is 656. The summed E-state index contributed by atoms with van der Waals surface area (Å²) in [5, 5.41) is 0. The summed E-state index contributed by atoms with van der Waals surface area (Å²) in [7, 11) is 0. The molecule has 2 aliphatic heterocycles. The van der Waals surface area contributed by atoms with E-state index in [4.69, 9.17) is 0 Å². The number of likely N-dealkylation sites (tertiary alicyclic amines) is 1. The first-order valence-electron chi connectivity index (χ1n) is 8.42. The van der Waals surface area contributed by atoms with E-state index in [1.807, 2.05) is 31.2 Å². The number of amides is 3. The molecule has 2 heterocycles. The highest BCUT2D eigenvalue weighted by atomic mass is 16.2. The van der Waals surface area contributed by atoms with E-state index in [-0.39, 0.29) is 24.3 Å². The number of nitrogens with zero attached hydrogens (tertiary/aromatic N) is 3. The summed E-state index contributed by atoms with van der Waals surface area (Å²) in [6.07, 6.45) is 1.31. The van der Waals surface area contributed by atoms with Crippen LogP contribution in [0.15, 0.2) is 24.3 Å². The third-order valence-electron chi connectivity index (χ3n) is 4.81. The van der Waals surface area contributed by atoms with Crippen molar-refractivity contribution < 1.29 is 14.4 Å². The van der Waals surface area contributed by atoms with Crippen molar-refractivity contribution in [2.45, 2.75) is 32.7 Å². The van der Waals surface area contributed by atoms with E-state index in [0.29, 0.717) is 26.1 Å². The molecule has 2 aliphatic rings. The number of aryl methyl sites for hydroxylation is 1. The molecule has 0 radical (unpaired) electrons. The van der Waals surface area contributed by atoms with E-state index in [0.717, 1.165) is 17.7 Å². The number of rotatable bonds is 3. The Balaban J connectivity index is 1.64. The van der Waals surface area contributed by atoms with Gasteiger partial charge in [-0.25, -0.2) is 0 Å². The van der Waals surface area contributed by atoms with E-state index in [2.05, 4.69) is 0 Å². The molecular weight excluding hydrogens is 306 g/mol. The minimum atomic E-state index is -0.487. The Hall–Kier alpha value is -2.37. The molecule has 2 fully saturated rings. The average molecular weight is 329 g/mol. The number of piperazine rings is 1. The Labute approximate surface area is 142 Å². The van der Waals surface area contributed by atoms with Gasteiger partial charge in [0.05, 0.1) is 0 Å². The van der Waals surface area contributed by atoms with E-state index in [9.17, 15) is 14.4 Å². The first kappa shape index (κ1) is 16.5. The summed E-state index contributed by atoms with van der Waals surface area (Å²) in [6.45, 7) is 5.42. The maximum atomic E-state index is 12.6. The van der Waals surface area contributed by atoms with Crippen LogP contribution in [0.1, 0.15) is 25.3 Å². The number of carbonyl (C=O) groups is 3. The Kier molecular flexibility index (Phi) is 4.55. The van der Waals surface area contributed by atoms with Crippen molar-refractivity contribution in [1.82, 2.24) is 9.80 Å². The van der Waals surface area contributed by atoms with E-state index < -0.39 is 6.04 Å². The van der Waals surface area contributed by atoms with Gasteiger partial charge in [-0.15, -0.1) is 0 Å². The molecule has 24 heavy (non-hydrogen) atoms. The van der Waals surface area contributed by atoms with Crippen LogP contribution in [0.4, 0.5) is 5.69 Å². The van der Waals surface area contributed by atoms with Gasteiger partial charge in [-0.2, -0.15) is 0 Å². The summed E-state index contributed by atoms with van der Waals surface area (Å²) in [4.78, 5) is 41.8. The van der Waals surface area contributed by atoms with Gasteiger partial charge in [0.1, 0.15) is 12.6 Å². The highest BCUT2D eigenvalue weighted by Crippen LogP contribution is 2.20. The molecule has 1 aromatic carbocycles. The van der Waals surface area contributed by atoms with Gasteiger partial charge >= 0.3 is 0 Å². The largest absolute Gasteiger partial charge is 0.331 e. The third-order valence-corrected chi connectivity index (χ3v) is 4.81.